The standard InChI is InChI=1S/C30H54/c1-16-17(2)25-29(14)21(6)18(3)20(5)27(10,11)24(29)19(4)22(7)30(25)15-26(8,9)23(16)28(30,12)13/h16-25H,15H2,1-14H3/t16?,17?,18?,19?,20?,21?,22?,23-,24?,25?,29-,30?/m1/s1. The summed E-state index contributed by atoms with van der Waals surface area (Å²) in [4.78, 5) is 0. The molecule has 0 saturated heterocycles. The Morgan fingerprint density at radius 3 is 1.53 bits per heavy atom. The third-order valence-corrected chi connectivity index (χ3v) is 14.0. The Morgan fingerprint density at radius 1 is 0.500 bits per heavy atom. The van der Waals surface area contributed by atoms with Gasteiger partial charge in [0.05, 0.1) is 0 Å². The molecule has 2 bridgehead atoms. The fraction of sp³-hybridized carbons (Fsp3) is 1.00. The Hall–Kier alpha value is 0. The second-order valence-electron chi connectivity index (χ2n) is 15.4. The molecule has 4 rings (SSSR count). The molecule has 0 amide bonds. The molecule has 0 aromatic carbocycles. The molecule has 0 heterocycles. The van der Waals surface area contributed by atoms with Crippen molar-refractivity contribution in [2.75, 3.05) is 0 Å². The summed E-state index contributed by atoms with van der Waals surface area (Å²) in [5.74, 6) is 8.15. The third-order valence-electron chi connectivity index (χ3n) is 14.0. The van der Waals surface area contributed by atoms with Crippen LogP contribution in [0.1, 0.15) is 103 Å². The van der Waals surface area contributed by atoms with E-state index in [1.807, 2.05) is 0 Å². The van der Waals surface area contributed by atoms with Crippen molar-refractivity contribution in [3.8, 4) is 0 Å². The average molecular weight is 415 g/mol. The van der Waals surface area contributed by atoms with Crippen LogP contribution in [0.25, 0.3) is 0 Å². The van der Waals surface area contributed by atoms with E-state index in [1.165, 1.54) is 6.42 Å². The van der Waals surface area contributed by atoms with Crippen LogP contribution >= 0.6 is 0 Å². The summed E-state index contributed by atoms with van der Waals surface area (Å²) < 4.78 is 0. The van der Waals surface area contributed by atoms with Gasteiger partial charge >= 0.3 is 0 Å². The van der Waals surface area contributed by atoms with E-state index in [0.29, 0.717) is 27.1 Å². The minimum absolute atomic E-state index is 0.411. The lowest BCUT2D eigenvalue weighted by Gasteiger charge is -2.76. The molecule has 4 fully saturated rings. The van der Waals surface area contributed by atoms with Gasteiger partial charge in [0, 0.05) is 0 Å². The van der Waals surface area contributed by atoms with Crippen LogP contribution in [0.15, 0.2) is 0 Å². The van der Waals surface area contributed by atoms with Crippen LogP contribution in [0.2, 0.25) is 0 Å². The van der Waals surface area contributed by atoms with E-state index < -0.39 is 0 Å². The van der Waals surface area contributed by atoms with E-state index in [4.69, 9.17) is 0 Å². The highest BCUT2D eigenvalue weighted by atomic mass is 14.8. The van der Waals surface area contributed by atoms with E-state index in [-0.39, 0.29) is 0 Å². The molecule has 4 aliphatic carbocycles. The van der Waals surface area contributed by atoms with Gasteiger partial charge in [-0.25, -0.2) is 0 Å². The molecule has 1 spiro atoms. The molecule has 12 atom stereocenters. The number of rotatable bonds is 0. The van der Waals surface area contributed by atoms with Crippen molar-refractivity contribution < 1.29 is 0 Å². The topological polar surface area (TPSA) is 0 Å². The van der Waals surface area contributed by atoms with Crippen LogP contribution < -0.4 is 0 Å². The summed E-state index contributed by atoms with van der Waals surface area (Å²) in [6.45, 7) is 37.3. The summed E-state index contributed by atoms with van der Waals surface area (Å²) in [6, 6.07) is 0. The molecule has 30 heavy (non-hydrogen) atoms. The van der Waals surface area contributed by atoms with Crippen LogP contribution in [0.4, 0.5) is 0 Å². The highest BCUT2D eigenvalue weighted by molar-refractivity contribution is 5.26. The van der Waals surface area contributed by atoms with Crippen LogP contribution in [0.3, 0.4) is 0 Å². The molecule has 0 aliphatic heterocycles. The van der Waals surface area contributed by atoms with Crippen molar-refractivity contribution in [3.05, 3.63) is 0 Å². The summed E-state index contributed by atoms with van der Waals surface area (Å²) in [6.07, 6.45) is 1.45. The van der Waals surface area contributed by atoms with Crippen LogP contribution in [0, 0.1) is 86.3 Å². The van der Waals surface area contributed by atoms with Gasteiger partial charge in [-0.3, -0.25) is 0 Å². The minimum atomic E-state index is 0.411. The monoisotopic (exact) mass is 414 g/mol. The Balaban J connectivity index is 2.04. The van der Waals surface area contributed by atoms with Crippen molar-refractivity contribution in [1.82, 2.24) is 0 Å². The predicted octanol–water partition coefficient (Wildman–Crippen LogP) is 8.80. The van der Waals surface area contributed by atoms with Gasteiger partial charge in [0.15, 0.2) is 0 Å². The molecule has 0 nitrogen and oxygen atoms in total. The van der Waals surface area contributed by atoms with E-state index in [2.05, 4.69) is 96.9 Å². The quantitative estimate of drug-likeness (QED) is 0.371. The van der Waals surface area contributed by atoms with Crippen molar-refractivity contribution in [2.24, 2.45) is 86.3 Å². The molecule has 0 N–H and O–H groups in total. The zero-order valence-electron chi connectivity index (χ0n) is 23.0. The first-order chi connectivity index (χ1) is 13.4. The smallest absolute Gasteiger partial charge is 0.0173 e. The fourth-order valence-corrected chi connectivity index (χ4v) is 13.0. The predicted molar refractivity (Wildman–Crippen MR) is 131 cm³/mol. The van der Waals surface area contributed by atoms with Crippen LogP contribution in [-0.2, 0) is 0 Å². The minimum Gasteiger partial charge on any atom is -0.0620 e. The molecule has 0 radical (unpaired) electrons. The molecule has 10 unspecified atom stereocenters. The van der Waals surface area contributed by atoms with Gasteiger partial charge in [-0.1, -0.05) is 96.9 Å². The summed E-state index contributed by atoms with van der Waals surface area (Å²) in [7, 11) is 0. The third kappa shape index (κ3) is 2.17. The van der Waals surface area contributed by atoms with E-state index in [0.717, 1.165) is 59.2 Å². The van der Waals surface area contributed by atoms with Crippen molar-refractivity contribution in [3.63, 3.8) is 0 Å². The van der Waals surface area contributed by atoms with Gasteiger partial charge in [0.1, 0.15) is 0 Å². The van der Waals surface area contributed by atoms with E-state index >= 15 is 0 Å². The van der Waals surface area contributed by atoms with E-state index in [9.17, 15) is 0 Å². The number of hydrogen-bond donors (Lipinski definition) is 0. The zero-order chi connectivity index (χ0) is 23.0. The summed E-state index contributed by atoms with van der Waals surface area (Å²) in [5.41, 5.74) is 2.19. The van der Waals surface area contributed by atoms with Gasteiger partial charge in [-0.05, 0) is 92.7 Å². The zero-order valence-corrected chi connectivity index (χ0v) is 23.0. The highest BCUT2D eigenvalue weighted by Gasteiger charge is 2.79. The first-order valence-corrected chi connectivity index (χ1v) is 13.4. The Kier molecular flexibility index (Phi) is 4.72. The van der Waals surface area contributed by atoms with Gasteiger partial charge in [0.25, 0.3) is 0 Å². The second-order valence-corrected chi connectivity index (χ2v) is 15.4. The van der Waals surface area contributed by atoms with Crippen molar-refractivity contribution >= 4 is 0 Å². The number of fused-ring (bicyclic) bond motifs is 3. The van der Waals surface area contributed by atoms with Crippen LogP contribution in [-0.4, -0.2) is 0 Å². The SMILES string of the molecule is CC1C(C)C(C)(C)C2C(C)C(C)C34CC(C)(C)[C@@H](C(C)C(C)C3[C@]2(C)C1C)C4(C)C. The largest absolute Gasteiger partial charge is 0.0620 e. The summed E-state index contributed by atoms with van der Waals surface area (Å²) in [5, 5.41) is 0. The molecule has 4 saturated carbocycles. The molecular formula is C30H54. The van der Waals surface area contributed by atoms with Crippen LogP contribution in [0.5, 0.6) is 0 Å². The van der Waals surface area contributed by atoms with Gasteiger partial charge in [0.2, 0.25) is 0 Å². The maximum absolute atomic E-state index is 2.80. The molecule has 4 aliphatic rings. The molecule has 0 heteroatoms. The van der Waals surface area contributed by atoms with Gasteiger partial charge < -0.3 is 0 Å². The molecular weight excluding hydrogens is 360 g/mol. The van der Waals surface area contributed by atoms with E-state index in [1.54, 1.807) is 0 Å². The normalized spacial score (nSPS) is 60.6. The molecule has 0 aromatic rings. The first kappa shape index (κ1) is 23.2. The highest BCUT2D eigenvalue weighted by Crippen LogP contribution is 2.84. The lowest BCUT2D eigenvalue weighted by atomic mass is 9.28. The lowest BCUT2D eigenvalue weighted by molar-refractivity contribution is -0.293. The Labute approximate surface area is 189 Å². The van der Waals surface area contributed by atoms with Gasteiger partial charge in [-0.2, -0.15) is 0 Å². The average Bonchev–Trinajstić information content (AvgIpc) is 2.72. The lowest BCUT2D eigenvalue weighted by Crippen LogP contribution is -2.72. The fourth-order valence-electron chi connectivity index (χ4n) is 13.0. The molecule has 174 valence electrons. The maximum atomic E-state index is 2.80. The Bertz CT molecular complexity index is 712. The molecule has 0 aromatic heterocycles. The maximum Gasteiger partial charge on any atom is -0.0173 e. The first-order valence-electron chi connectivity index (χ1n) is 13.4. The Morgan fingerprint density at radius 2 is 1.00 bits per heavy atom. The van der Waals surface area contributed by atoms with Gasteiger partial charge in [-0.15, -0.1) is 0 Å². The second kappa shape index (κ2) is 6.11. The summed E-state index contributed by atoms with van der Waals surface area (Å²) >= 11 is 0. The van der Waals surface area contributed by atoms with Crippen molar-refractivity contribution in [1.29, 1.82) is 0 Å². The number of hydrogen-bond acceptors (Lipinski definition) is 0. The van der Waals surface area contributed by atoms with Crippen molar-refractivity contribution in [2.45, 2.75) is 103 Å².